The highest BCUT2D eigenvalue weighted by atomic mass is 19.1. The molecule has 3 rings (SSSR count). The number of rotatable bonds is 2. The van der Waals surface area contributed by atoms with Crippen LogP contribution >= 0.6 is 0 Å². The summed E-state index contributed by atoms with van der Waals surface area (Å²) in [4.78, 5) is 6.70. The maximum atomic E-state index is 14.1. The van der Waals surface area contributed by atoms with Crippen LogP contribution in [-0.4, -0.2) is 29.8 Å². The summed E-state index contributed by atoms with van der Waals surface area (Å²) in [6.45, 7) is 10.1. The SMILES string of the molecule is Cc1cc(N2CCC(OC(C)(C)C)CC2)c2cccc(F)c2n1. The Kier molecular flexibility index (Phi) is 4.28. The van der Waals surface area contributed by atoms with Crippen LogP contribution in [0.3, 0.4) is 0 Å². The van der Waals surface area contributed by atoms with Crippen LogP contribution in [0.1, 0.15) is 39.3 Å². The summed E-state index contributed by atoms with van der Waals surface area (Å²) < 4.78 is 20.2. The van der Waals surface area contributed by atoms with E-state index in [9.17, 15) is 4.39 Å². The molecule has 0 atom stereocenters. The summed E-state index contributed by atoms with van der Waals surface area (Å²) in [5, 5.41) is 0.894. The zero-order valence-electron chi connectivity index (χ0n) is 14.4. The van der Waals surface area contributed by atoms with E-state index < -0.39 is 0 Å². The lowest BCUT2D eigenvalue weighted by Gasteiger charge is -2.37. The Morgan fingerprint density at radius 3 is 2.57 bits per heavy atom. The molecule has 0 aliphatic carbocycles. The number of para-hydroxylation sites is 1. The second kappa shape index (κ2) is 6.08. The van der Waals surface area contributed by atoms with Crippen molar-refractivity contribution in [1.29, 1.82) is 0 Å². The molecular formula is C19H25FN2O. The Balaban J connectivity index is 1.84. The van der Waals surface area contributed by atoms with Gasteiger partial charge in [0.2, 0.25) is 0 Å². The van der Waals surface area contributed by atoms with Gasteiger partial charge in [0.15, 0.2) is 0 Å². The Morgan fingerprint density at radius 1 is 1.22 bits per heavy atom. The summed E-state index contributed by atoms with van der Waals surface area (Å²) >= 11 is 0. The maximum Gasteiger partial charge on any atom is 0.149 e. The first-order valence-corrected chi connectivity index (χ1v) is 8.32. The molecule has 0 spiro atoms. The summed E-state index contributed by atoms with van der Waals surface area (Å²) in [5.74, 6) is -0.251. The van der Waals surface area contributed by atoms with Gasteiger partial charge in [-0.15, -0.1) is 0 Å². The lowest BCUT2D eigenvalue weighted by Crippen LogP contribution is -2.40. The van der Waals surface area contributed by atoms with Crippen LogP contribution in [0.2, 0.25) is 0 Å². The number of hydrogen-bond donors (Lipinski definition) is 0. The molecule has 1 aromatic heterocycles. The maximum absolute atomic E-state index is 14.1. The number of aromatic nitrogens is 1. The van der Waals surface area contributed by atoms with E-state index in [0.29, 0.717) is 11.6 Å². The number of hydrogen-bond acceptors (Lipinski definition) is 3. The van der Waals surface area contributed by atoms with Gasteiger partial charge in [-0.25, -0.2) is 9.37 Å². The predicted octanol–water partition coefficient (Wildman–Crippen LogP) is 4.47. The van der Waals surface area contributed by atoms with Gasteiger partial charge in [-0.2, -0.15) is 0 Å². The van der Waals surface area contributed by atoms with Crippen LogP contribution < -0.4 is 4.90 Å². The van der Waals surface area contributed by atoms with Gasteiger partial charge in [0.05, 0.1) is 11.7 Å². The average molecular weight is 316 g/mol. The third-order valence-electron chi connectivity index (χ3n) is 4.20. The highest BCUT2D eigenvalue weighted by molar-refractivity contribution is 5.92. The van der Waals surface area contributed by atoms with Crippen LogP contribution in [0, 0.1) is 12.7 Å². The molecule has 2 aromatic rings. The third kappa shape index (κ3) is 3.63. The zero-order valence-corrected chi connectivity index (χ0v) is 14.4. The van der Waals surface area contributed by atoms with Crippen molar-refractivity contribution < 1.29 is 9.13 Å². The smallest absolute Gasteiger partial charge is 0.149 e. The first kappa shape index (κ1) is 16.2. The standard InChI is InChI=1S/C19H25FN2O/c1-13-12-17(15-6-5-7-16(20)18(15)21-13)22-10-8-14(9-11-22)23-19(2,3)4/h5-7,12,14H,8-11H2,1-4H3. The molecule has 0 bridgehead atoms. The molecule has 23 heavy (non-hydrogen) atoms. The molecule has 124 valence electrons. The Hall–Kier alpha value is -1.68. The molecule has 2 heterocycles. The fraction of sp³-hybridized carbons (Fsp3) is 0.526. The quantitative estimate of drug-likeness (QED) is 0.817. The van der Waals surface area contributed by atoms with Crippen molar-refractivity contribution >= 4 is 16.6 Å². The van der Waals surface area contributed by atoms with Crippen LogP contribution in [0.4, 0.5) is 10.1 Å². The van der Waals surface area contributed by atoms with Crippen molar-refractivity contribution in [3.63, 3.8) is 0 Å². The zero-order chi connectivity index (χ0) is 16.6. The molecule has 0 N–H and O–H groups in total. The van der Waals surface area contributed by atoms with Gasteiger partial charge in [-0.3, -0.25) is 0 Å². The molecule has 3 nitrogen and oxygen atoms in total. The minimum absolute atomic E-state index is 0.101. The number of piperidine rings is 1. The molecule has 0 radical (unpaired) electrons. The van der Waals surface area contributed by atoms with Gasteiger partial charge >= 0.3 is 0 Å². The van der Waals surface area contributed by atoms with E-state index in [1.807, 2.05) is 13.0 Å². The van der Waals surface area contributed by atoms with Crippen LogP contribution in [0.5, 0.6) is 0 Å². The minimum atomic E-state index is -0.251. The van der Waals surface area contributed by atoms with Crippen molar-refractivity contribution in [2.75, 3.05) is 18.0 Å². The molecule has 0 unspecified atom stereocenters. The molecule has 1 saturated heterocycles. The van der Waals surface area contributed by atoms with Crippen molar-refractivity contribution in [3.8, 4) is 0 Å². The van der Waals surface area contributed by atoms with Gasteiger partial charge in [0.25, 0.3) is 0 Å². The van der Waals surface area contributed by atoms with Crippen LogP contribution in [0.25, 0.3) is 10.9 Å². The highest BCUT2D eigenvalue weighted by Gasteiger charge is 2.25. The molecule has 1 aromatic carbocycles. The lowest BCUT2D eigenvalue weighted by molar-refractivity contribution is -0.0682. The third-order valence-corrected chi connectivity index (χ3v) is 4.20. The van der Waals surface area contributed by atoms with Gasteiger partial charge in [-0.05, 0) is 52.7 Å². The van der Waals surface area contributed by atoms with E-state index in [2.05, 4.69) is 36.7 Å². The fourth-order valence-electron chi connectivity index (χ4n) is 3.30. The van der Waals surface area contributed by atoms with E-state index >= 15 is 0 Å². The molecule has 0 saturated carbocycles. The summed E-state index contributed by atoms with van der Waals surface area (Å²) in [5.41, 5.74) is 2.30. The Morgan fingerprint density at radius 2 is 1.91 bits per heavy atom. The second-order valence-electron chi connectivity index (χ2n) is 7.34. The number of ether oxygens (including phenoxy) is 1. The topological polar surface area (TPSA) is 25.4 Å². The van der Waals surface area contributed by atoms with E-state index in [0.717, 1.165) is 42.7 Å². The molecule has 1 aliphatic heterocycles. The van der Waals surface area contributed by atoms with Gasteiger partial charge in [0, 0.05) is 29.9 Å². The summed E-state index contributed by atoms with van der Waals surface area (Å²) in [6.07, 6.45) is 2.29. The molecule has 4 heteroatoms. The van der Waals surface area contributed by atoms with Crippen molar-refractivity contribution in [3.05, 3.63) is 35.8 Å². The number of anilines is 1. The number of nitrogens with zero attached hydrogens (tertiary/aromatic N) is 2. The van der Waals surface area contributed by atoms with Gasteiger partial charge in [0.1, 0.15) is 11.3 Å². The van der Waals surface area contributed by atoms with E-state index in [4.69, 9.17) is 4.74 Å². The monoisotopic (exact) mass is 316 g/mol. The number of benzene rings is 1. The normalized spacial score (nSPS) is 17.0. The minimum Gasteiger partial charge on any atom is -0.372 e. The largest absolute Gasteiger partial charge is 0.372 e. The second-order valence-corrected chi connectivity index (χ2v) is 7.34. The fourth-order valence-corrected chi connectivity index (χ4v) is 3.30. The highest BCUT2D eigenvalue weighted by Crippen LogP contribution is 2.31. The van der Waals surface area contributed by atoms with Gasteiger partial charge < -0.3 is 9.64 Å². The van der Waals surface area contributed by atoms with Crippen molar-refractivity contribution in [2.24, 2.45) is 0 Å². The van der Waals surface area contributed by atoms with Crippen molar-refractivity contribution in [1.82, 2.24) is 4.98 Å². The molecule has 1 aliphatic rings. The molecular weight excluding hydrogens is 291 g/mol. The van der Waals surface area contributed by atoms with E-state index in [-0.39, 0.29) is 11.4 Å². The summed E-state index contributed by atoms with van der Waals surface area (Å²) in [7, 11) is 0. The molecule has 0 amide bonds. The predicted molar refractivity (Wildman–Crippen MR) is 92.5 cm³/mol. The lowest BCUT2D eigenvalue weighted by atomic mass is 10.0. The van der Waals surface area contributed by atoms with Crippen LogP contribution in [-0.2, 0) is 4.74 Å². The van der Waals surface area contributed by atoms with E-state index in [1.54, 1.807) is 6.07 Å². The number of aryl methyl sites for hydroxylation is 1. The summed E-state index contributed by atoms with van der Waals surface area (Å²) in [6, 6.07) is 7.25. The van der Waals surface area contributed by atoms with Gasteiger partial charge in [-0.1, -0.05) is 12.1 Å². The molecule has 1 fully saturated rings. The average Bonchev–Trinajstić information content (AvgIpc) is 2.47. The number of halogens is 1. The number of pyridine rings is 1. The van der Waals surface area contributed by atoms with E-state index in [1.165, 1.54) is 6.07 Å². The first-order valence-electron chi connectivity index (χ1n) is 8.32. The first-order chi connectivity index (χ1) is 10.8. The number of fused-ring (bicyclic) bond motifs is 1. The van der Waals surface area contributed by atoms with Crippen molar-refractivity contribution in [2.45, 2.75) is 52.2 Å². The Bertz CT molecular complexity index is 700. The van der Waals surface area contributed by atoms with Crippen LogP contribution in [0.15, 0.2) is 24.3 Å². The Labute approximate surface area is 137 Å².